The summed E-state index contributed by atoms with van der Waals surface area (Å²) in [7, 11) is 1.58. The number of amides is 2. The van der Waals surface area contributed by atoms with Crippen LogP contribution in [0.3, 0.4) is 0 Å². The summed E-state index contributed by atoms with van der Waals surface area (Å²) < 4.78 is 10.4. The van der Waals surface area contributed by atoms with Gasteiger partial charge in [-0.1, -0.05) is 17.7 Å². The summed E-state index contributed by atoms with van der Waals surface area (Å²) in [6.07, 6.45) is 0.0758. The minimum Gasteiger partial charge on any atom is -0.497 e. The van der Waals surface area contributed by atoms with E-state index in [4.69, 9.17) is 9.47 Å². The number of ether oxygens (including phenoxy) is 2. The molecule has 0 radical (unpaired) electrons. The first kappa shape index (κ1) is 21.9. The summed E-state index contributed by atoms with van der Waals surface area (Å²) in [4.78, 5) is 24.2. The lowest BCUT2D eigenvalue weighted by Gasteiger charge is -2.12. The van der Waals surface area contributed by atoms with Crippen LogP contribution in [0.1, 0.15) is 30.0 Å². The number of rotatable bonds is 8. The van der Waals surface area contributed by atoms with Crippen LogP contribution < -0.4 is 20.2 Å². The van der Waals surface area contributed by atoms with Crippen LogP contribution in [0.25, 0.3) is 0 Å². The number of methoxy groups -OCH3 is 1. The summed E-state index contributed by atoms with van der Waals surface area (Å²) in [5.74, 6) is 0.650. The van der Waals surface area contributed by atoms with Crippen LogP contribution in [0, 0.1) is 20.8 Å². The average Bonchev–Trinajstić information content (AvgIpc) is 2.68. The average molecular weight is 397 g/mol. The van der Waals surface area contributed by atoms with Crippen LogP contribution in [0.5, 0.6) is 11.5 Å². The van der Waals surface area contributed by atoms with Crippen molar-refractivity contribution in [2.24, 2.45) is 5.10 Å². The molecular weight excluding hydrogens is 370 g/mol. The second kappa shape index (κ2) is 10.3. The van der Waals surface area contributed by atoms with E-state index in [0.29, 0.717) is 17.2 Å². The van der Waals surface area contributed by atoms with Crippen molar-refractivity contribution in [1.29, 1.82) is 0 Å². The molecule has 0 heterocycles. The van der Waals surface area contributed by atoms with Crippen LogP contribution in [0.15, 0.2) is 41.5 Å². The molecule has 0 unspecified atom stereocenters. The maximum atomic E-state index is 12.3. The second-order valence-corrected chi connectivity index (χ2v) is 6.84. The molecule has 0 fully saturated rings. The zero-order valence-electron chi connectivity index (χ0n) is 17.5. The molecule has 0 aliphatic carbocycles. The first-order valence-electron chi connectivity index (χ1n) is 9.25. The number of aryl methyl sites for hydroxylation is 3. The topological polar surface area (TPSA) is 89.0 Å². The molecule has 2 aromatic carbocycles. The molecular formula is C22H27N3O4. The minimum atomic E-state index is -0.411. The fraction of sp³-hybridized carbons (Fsp3) is 0.318. The number of carbonyl (C=O) groups is 2. The van der Waals surface area contributed by atoms with Crippen molar-refractivity contribution in [1.82, 2.24) is 5.43 Å². The molecule has 0 bridgehead atoms. The highest BCUT2D eigenvalue weighted by molar-refractivity contribution is 6.06. The third-order valence-corrected chi connectivity index (χ3v) is 4.16. The first-order valence-corrected chi connectivity index (χ1v) is 9.25. The molecule has 0 saturated heterocycles. The van der Waals surface area contributed by atoms with Gasteiger partial charge in [-0.25, -0.2) is 5.43 Å². The highest BCUT2D eigenvalue weighted by Gasteiger charge is 2.10. The van der Waals surface area contributed by atoms with Gasteiger partial charge in [0.25, 0.3) is 5.91 Å². The van der Waals surface area contributed by atoms with Gasteiger partial charge in [-0.05, 0) is 63.1 Å². The standard InChI is InChI=1S/C22H27N3O4/c1-14-10-15(2)22(16(3)11-14)23-20(26)12-17(4)24-25-21(27)13-29-19-8-6-18(28-5)7-9-19/h6-11H,12-13H2,1-5H3,(H,23,26)(H,25,27). The molecule has 0 saturated carbocycles. The molecule has 0 aliphatic rings. The number of hydrazone groups is 1. The van der Waals surface area contributed by atoms with Crippen molar-refractivity contribution < 1.29 is 19.1 Å². The van der Waals surface area contributed by atoms with Crippen LogP contribution in [0.4, 0.5) is 5.69 Å². The van der Waals surface area contributed by atoms with Crippen molar-refractivity contribution in [3.8, 4) is 11.5 Å². The Kier molecular flexibility index (Phi) is 7.77. The zero-order chi connectivity index (χ0) is 21.4. The van der Waals surface area contributed by atoms with E-state index in [-0.39, 0.29) is 18.9 Å². The summed E-state index contributed by atoms with van der Waals surface area (Å²) in [6, 6.07) is 10.9. The fourth-order valence-corrected chi connectivity index (χ4v) is 2.84. The van der Waals surface area contributed by atoms with Crippen molar-refractivity contribution in [3.63, 3.8) is 0 Å². The van der Waals surface area contributed by atoms with Gasteiger partial charge in [-0.15, -0.1) is 0 Å². The van der Waals surface area contributed by atoms with Crippen molar-refractivity contribution in [2.45, 2.75) is 34.1 Å². The number of hydrogen-bond acceptors (Lipinski definition) is 5. The number of carbonyl (C=O) groups excluding carboxylic acids is 2. The summed E-state index contributed by atoms with van der Waals surface area (Å²) in [5.41, 5.74) is 6.86. The number of anilines is 1. The van der Waals surface area contributed by atoms with E-state index in [0.717, 1.165) is 22.4 Å². The molecule has 0 atom stereocenters. The third-order valence-electron chi connectivity index (χ3n) is 4.16. The van der Waals surface area contributed by atoms with Crippen LogP contribution in [0.2, 0.25) is 0 Å². The molecule has 2 aromatic rings. The van der Waals surface area contributed by atoms with Gasteiger partial charge in [0.2, 0.25) is 5.91 Å². The third kappa shape index (κ3) is 6.95. The molecule has 2 N–H and O–H groups in total. The molecule has 0 spiro atoms. The van der Waals surface area contributed by atoms with Gasteiger partial charge >= 0.3 is 0 Å². The summed E-state index contributed by atoms with van der Waals surface area (Å²) >= 11 is 0. The largest absolute Gasteiger partial charge is 0.497 e. The predicted molar refractivity (Wildman–Crippen MR) is 114 cm³/mol. The number of hydrogen-bond donors (Lipinski definition) is 2. The Balaban J connectivity index is 1.81. The minimum absolute atomic E-state index is 0.0758. The van der Waals surface area contributed by atoms with Crippen LogP contribution in [-0.2, 0) is 9.59 Å². The van der Waals surface area contributed by atoms with Crippen molar-refractivity contribution in [3.05, 3.63) is 53.1 Å². The monoisotopic (exact) mass is 397 g/mol. The highest BCUT2D eigenvalue weighted by Crippen LogP contribution is 2.22. The van der Waals surface area contributed by atoms with Gasteiger partial charge in [0.05, 0.1) is 13.5 Å². The van der Waals surface area contributed by atoms with Gasteiger partial charge in [0.15, 0.2) is 6.61 Å². The maximum absolute atomic E-state index is 12.3. The normalized spacial score (nSPS) is 11.0. The van der Waals surface area contributed by atoms with E-state index in [9.17, 15) is 9.59 Å². The molecule has 0 aromatic heterocycles. The Bertz CT molecular complexity index is 882. The van der Waals surface area contributed by atoms with Gasteiger partial charge in [-0.2, -0.15) is 5.10 Å². The lowest BCUT2D eigenvalue weighted by Crippen LogP contribution is -2.26. The Morgan fingerprint density at radius 2 is 1.55 bits per heavy atom. The van der Waals surface area contributed by atoms with E-state index in [2.05, 4.69) is 15.8 Å². The Labute approximate surface area is 171 Å². The molecule has 7 heteroatoms. The van der Waals surface area contributed by atoms with Gasteiger partial charge in [0.1, 0.15) is 11.5 Å². The van der Waals surface area contributed by atoms with Crippen LogP contribution in [-0.4, -0.2) is 31.2 Å². The first-order chi connectivity index (χ1) is 13.8. The van der Waals surface area contributed by atoms with Gasteiger partial charge in [0, 0.05) is 11.4 Å². The molecule has 2 rings (SSSR count). The van der Waals surface area contributed by atoms with E-state index in [1.54, 1.807) is 38.3 Å². The maximum Gasteiger partial charge on any atom is 0.277 e. The van der Waals surface area contributed by atoms with E-state index in [1.807, 2.05) is 32.9 Å². The highest BCUT2D eigenvalue weighted by atomic mass is 16.5. The molecule has 29 heavy (non-hydrogen) atoms. The lowest BCUT2D eigenvalue weighted by molar-refractivity contribution is -0.123. The Morgan fingerprint density at radius 3 is 2.14 bits per heavy atom. The molecule has 7 nitrogen and oxygen atoms in total. The summed E-state index contributed by atoms with van der Waals surface area (Å²) in [6.45, 7) is 7.43. The van der Waals surface area contributed by atoms with Crippen molar-refractivity contribution >= 4 is 23.2 Å². The lowest BCUT2D eigenvalue weighted by atomic mass is 10.0. The fourth-order valence-electron chi connectivity index (χ4n) is 2.84. The van der Waals surface area contributed by atoms with E-state index < -0.39 is 5.91 Å². The summed E-state index contributed by atoms with van der Waals surface area (Å²) in [5, 5.41) is 6.87. The Hall–Kier alpha value is -3.35. The van der Waals surface area contributed by atoms with Crippen molar-refractivity contribution in [2.75, 3.05) is 19.0 Å². The van der Waals surface area contributed by atoms with Gasteiger partial charge < -0.3 is 14.8 Å². The second-order valence-electron chi connectivity index (χ2n) is 6.84. The molecule has 0 aliphatic heterocycles. The quantitative estimate of drug-likeness (QED) is 0.527. The Morgan fingerprint density at radius 1 is 0.966 bits per heavy atom. The van der Waals surface area contributed by atoms with Gasteiger partial charge in [-0.3, -0.25) is 9.59 Å². The van der Waals surface area contributed by atoms with E-state index in [1.165, 1.54) is 0 Å². The number of nitrogens with zero attached hydrogens (tertiary/aromatic N) is 1. The predicted octanol–water partition coefficient (Wildman–Crippen LogP) is 3.52. The van der Waals surface area contributed by atoms with E-state index >= 15 is 0 Å². The zero-order valence-corrected chi connectivity index (χ0v) is 17.5. The number of benzene rings is 2. The SMILES string of the molecule is COc1ccc(OCC(=O)NN=C(C)CC(=O)Nc2c(C)cc(C)cc2C)cc1. The van der Waals surface area contributed by atoms with Crippen LogP contribution >= 0.6 is 0 Å². The smallest absolute Gasteiger partial charge is 0.277 e. The molecule has 2 amide bonds. The molecule has 154 valence electrons. The number of nitrogens with one attached hydrogen (secondary N) is 2.